The lowest BCUT2D eigenvalue weighted by Crippen LogP contribution is -2.34. The third-order valence-electron chi connectivity index (χ3n) is 3.86. The van der Waals surface area contributed by atoms with Gasteiger partial charge in [-0.05, 0) is 47.8 Å². The van der Waals surface area contributed by atoms with Crippen LogP contribution in [-0.2, 0) is 24.9 Å². The van der Waals surface area contributed by atoms with E-state index in [1.807, 2.05) is 47.5 Å². The molecule has 0 aliphatic heterocycles. The molecule has 0 aliphatic rings. The van der Waals surface area contributed by atoms with Gasteiger partial charge in [0.1, 0.15) is 11.6 Å². The van der Waals surface area contributed by atoms with Crippen LogP contribution in [-0.4, -0.2) is 22.0 Å². The first-order valence-corrected chi connectivity index (χ1v) is 8.78. The maximum Gasteiger partial charge on any atom is 0.261 e. The second-order valence-corrected chi connectivity index (χ2v) is 6.71. The van der Waals surface area contributed by atoms with Crippen molar-refractivity contribution < 1.29 is 13.9 Å². The molecule has 0 fully saturated rings. The first-order valence-electron chi connectivity index (χ1n) is 7.90. The molecule has 1 aromatic carbocycles. The van der Waals surface area contributed by atoms with Gasteiger partial charge in [0.15, 0.2) is 6.61 Å². The van der Waals surface area contributed by atoms with Gasteiger partial charge in [0.2, 0.25) is 0 Å². The molecule has 0 saturated carbocycles. The van der Waals surface area contributed by atoms with Crippen LogP contribution in [0.1, 0.15) is 10.6 Å². The molecule has 4 nitrogen and oxygen atoms in total. The molecule has 3 aromatic rings. The minimum atomic E-state index is -0.332. The van der Waals surface area contributed by atoms with Crippen molar-refractivity contribution in [3.8, 4) is 5.75 Å². The van der Waals surface area contributed by atoms with Gasteiger partial charge in [-0.2, -0.15) is 0 Å². The van der Waals surface area contributed by atoms with Crippen LogP contribution in [0.25, 0.3) is 0 Å². The number of carbonyl (C=O) groups is 1. The van der Waals surface area contributed by atoms with Crippen molar-refractivity contribution in [1.29, 1.82) is 0 Å². The Morgan fingerprint density at radius 1 is 1.16 bits per heavy atom. The fraction of sp³-hybridized carbons (Fsp3) is 0.211. The molecule has 25 heavy (non-hydrogen) atoms. The standard InChI is InChI=1S/C19H19FN2O2S/c1-21-10-2-4-16(21)12-22(13-18-5-3-11-25-18)19(23)14-24-17-8-6-15(20)7-9-17/h2-11H,12-14H2,1H3. The van der Waals surface area contributed by atoms with E-state index in [2.05, 4.69) is 0 Å². The maximum absolute atomic E-state index is 12.9. The molecule has 0 aliphatic carbocycles. The first-order chi connectivity index (χ1) is 12.1. The molecule has 2 aromatic heterocycles. The van der Waals surface area contributed by atoms with Crippen molar-refractivity contribution >= 4 is 17.2 Å². The molecule has 0 bridgehead atoms. The molecule has 0 saturated heterocycles. The van der Waals surface area contributed by atoms with Gasteiger partial charge in [-0.1, -0.05) is 6.07 Å². The van der Waals surface area contributed by atoms with Crippen molar-refractivity contribution in [2.75, 3.05) is 6.61 Å². The molecule has 3 rings (SSSR count). The molecular weight excluding hydrogens is 339 g/mol. The smallest absolute Gasteiger partial charge is 0.261 e. The van der Waals surface area contributed by atoms with Crippen LogP contribution in [0.3, 0.4) is 0 Å². The number of rotatable bonds is 7. The highest BCUT2D eigenvalue weighted by Gasteiger charge is 2.17. The van der Waals surface area contributed by atoms with E-state index < -0.39 is 0 Å². The number of nitrogens with zero attached hydrogens (tertiary/aromatic N) is 2. The van der Waals surface area contributed by atoms with Gasteiger partial charge in [-0.15, -0.1) is 11.3 Å². The number of aryl methyl sites for hydroxylation is 1. The van der Waals surface area contributed by atoms with Gasteiger partial charge in [0.25, 0.3) is 5.91 Å². The van der Waals surface area contributed by atoms with Crippen LogP contribution in [0.5, 0.6) is 5.75 Å². The number of thiophene rings is 1. The topological polar surface area (TPSA) is 34.5 Å². The van der Waals surface area contributed by atoms with Crippen molar-refractivity contribution in [3.05, 3.63) is 76.5 Å². The van der Waals surface area contributed by atoms with Crippen LogP contribution in [0.2, 0.25) is 0 Å². The van der Waals surface area contributed by atoms with Crippen LogP contribution in [0.15, 0.2) is 60.1 Å². The number of amides is 1. The fourth-order valence-electron chi connectivity index (χ4n) is 2.45. The van der Waals surface area contributed by atoms with Gasteiger partial charge in [0.05, 0.1) is 13.1 Å². The van der Waals surface area contributed by atoms with Gasteiger partial charge in [-0.25, -0.2) is 4.39 Å². The third-order valence-corrected chi connectivity index (χ3v) is 4.72. The summed E-state index contributed by atoms with van der Waals surface area (Å²) in [6.45, 7) is 0.961. The van der Waals surface area contributed by atoms with E-state index in [0.29, 0.717) is 18.8 Å². The van der Waals surface area contributed by atoms with E-state index in [9.17, 15) is 9.18 Å². The highest BCUT2D eigenvalue weighted by molar-refractivity contribution is 7.09. The van der Waals surface area contributed by atoms with Gasteiger partial charge in [0, 0.05) is 23.8 Å². The Morgan fingerprint density at radius 3 is 2.60 bits per heavy atom. The highest BCUT2D eigenvalue weighted by atomic mass is 32.1. The Hall–Kier alpha value is -2.60. The predicted octanol–water partition coefficient (Wildman–Crippen LogP) is 3.83. The maximum atomic E-state index is 12.9. The van der Waals surface area contributed by atoms with Crippen LogP contribution < -0.4 is 4.74 Å². The number of hydrogen-bond acceptors (Lipinski definition) is 3. The summed E-state index contributed by atoms with van der Waals surface area (Å²) in [6, 6.07) is 13.6. The molecule has 2 heterocycles. The lowest BCUT2D eigenvalue weighted by atomic mass is 10.3. The number of halogens is 1. The van der Waals surface area contributed by atoms with Crippen molar-refractivity contribution in [2.24, 2.45) is 7.05 Å². The van der Waals surface area contributed by atoms with Crippen molar-refractivity contribution in [1.82, 2.24) is 9.47 Å². The molecule has 0 radical (unpaired) electrons. The molecule has 1 amide bonds. The summed E-state index contributed by atoms with van der Waals surface area (Å²) in [5.74, 6) is 0.0327. The molecule has 0 N–H and O–H groups in total. The zero-order valence-electron chi connectivity index (χ0n) is 13.9. The monoisotopic (exact) mass is 358 g/mol. The van der Waals surface area contributed by atoms with Crippen molar-refractivity contribution in [3.63, 3.8) is 0 Å². The van der Waals surface area contributed by atoms with E-state index in [-0.39, 0.29) is 18.3 Å². The fourth-order valence-corrected chi connectivity index (χ4v) is 3.17. The number of carbonyl (C=O) groups excluding carboxylic acids is 1. The molecule has 0 unspecified atom stereocenters. The average Bonchev–Trinajstić information content (AvgIpc) is 3.26. The third kappa shape index (κ3) is 4.70. The zero-order valence-corrected chi connectivity index (χ0v) is 14.7. The quantitative estimate of drug-likeness (QED) is 0.643. The summed E-state index contributed by atoms with van der Waals surface area (Å²) >= 11 is 1.62. The van der Waals surface area contributed by atoms with Crippen LogP contribution >= 0.6 is 11.3 Å². The van der Waals surface area contributed by atoms with Gasteiger partial charge in [-0.3, -0.25) is 4.79 Å². The van der Waals surface area contributed by atoms with Crippen LogP contribution in [0.4, 0.5) is 4.39 Å². The summed E-state index contributed by atoms with van der Waals surface area (Å²) < 4.78 is 20.4. The van der Waals surface area contributed by atoms with Crippen LogP contribution in [0, 0.1) is 5.82 Å². The summed E-state index contributed by atoms with van der Waals surface area (Å²) in [5.41, 5.74) is 1.05. The summed E-state index contributed by atoms with van der Waals surface area (Å²) in [4.78, 5) is 15.6. The first kappa shape index (κ1) is 17.2. The molecule has 130 valence electrons. The number of aromatic nitrogens is 1. The Labute approximate surface area is 150 Å². The Kier molecular flexibility index (Phi) is 5.50. The SMILES string of the molecule is Cn1cccc1CN(Cc1cccs1)C(=O)COc1ccc(F)cc1. The second kappa shape index (κ2) is 7.98. The normalized spacial score (nSPS) is 10.6. The van der Waals surface area contributed by atoms with E-state index in [4.69, 9.17) is 4.74 Å². The van der Waals surface area contributed by atoms with E-state index in [0.717, 1.165) is 10.6 Å². The Balaban J connectivity index is 1.67. The van der Waals surface area contributed by atoms with Crippen molar-refractivity contribution in [2.45, 2.75) is 13.1 Å². The Bertz CT molecular complexity index is 812. The van der Waals surface area contributed by atoms with E-state index in [1.165, 1.54) is 24.3 Å². The minimum absolute atomic E-state index is 0.0819. The minimum Gasteiger partial charge on any atom is -0.484 e. The molecule has 0 atom stereocenters. The number of ether oxygens (including phenoxy) is 1. The lowest BCUT2D eigenvalue weighted by Gasteiger charge is -2.22. The molecule has 6 heteroatoms. The van der Waals surface area contributed by atoms with Gasteiger partial charge < -0.3 is 14.2 Å². The molecule has 0 spiro atoms. The average molecular weight is 358 g/mol. The zero-order chi connectivity index (χ0) is 17.6. The lowest BCUT2D eigenvalue weighted by molar-refractivity contribution is -0.134. The summed E-state index contributed by atoms with van der Waals surface area (Å²) in [7, 11) is 1.96. The van der Waals surface area contributed by atoms with E-state index in [1.54, 1.807) is 16.2 Å². The predicted molar refractivity (Wildman–Crippen MR) is 95.9 cm³/mol. The Morgan fingerprint density at radius 2 is 1.96 bits per heavy atom. The summed E-state index contributed by atoms with van der Waals surface area (Å²) in [5, 5.41) is 2.00. The second-order valence-electron chi connectivity index (χ2n) is 5.68. The largest absolute Gasteiger partial charge is 0.484 e. The molecular formula is C19H19FN2O2S. The van der Waals surface area contributed by atoms with E-state index >= 15 is 0 Å². The number of hydrogen-bond donors (Lipinski definition) is 0. The highest BCUT2D eigenvalue weighted by Crippen LogP contribution is 2.16. The summed E-state index contributed by atoms with van der Waals surface area (Å²) in [6.07, 6.45) is 1.96. The number of benzene rings is 1. The van der Waals surface area contributed by atoms with Gasteiger partial charge >= 0.3 is 0 Å².